The summed E-state index contributed by atoms with van der Waals surface area (Å²) < 4.78 is 0. The molecule has 0 radical (unpaired) electrons. The number of carbonyl (C=O) groups excluding carboxylic acids is 1. The molecule has 0 aliphatic carbocycles. The van der Waals surface area contributed by atoms with Crippen molar-refractivity contribution in [2.45, 2.75) is 38.3 Å². The number of rotatable bonds is 8. The van der Waals surface area contributed by atoms with Crippen LogP contribution < -0.4 is 10.6 Å². The van der Waals surface area contributed by atoms with Crippen molar-refractivity contribution in [3.8, 4) is 0 Å². The van der Waals surface area contributed by atoms with E-state index in [0.717, 1.165) is 0 Å². The zero-order valence-electron chi connectivity index (χ0n) is 11.5. The van der Waals surface area contributed by atoms with E-state index in [1.165, 1.54) is 6.20 Å². The SMILES string of the molecule is CC(NC(=O)N[C@H](CCCC(=O)O)C(=O)O)c1ncc[nH]1. The lowest BCUT2D eigenvalue weighted by Gasteiger charge is -2.17. The number of nitrogens with one attached hydrogen (secondary N) is 3. The van der Waals surface area contributed by atoms with Crippen LogP contribution in [0.15, 0.2) is 12.4 Å². The molecule has 0 saturated carbocycles. The first kappa shape index (κ1) is 16.5. The van der Waals surface area contributed by atoms with Gasteiger partial charge in [-0.15, -0.1) is 0 Å². The number of aliphatic carboxylic acids is 2. The normalized spacial score (nSPS) is 13.2. The minimum absolute atomic E-state index is 0.0458. The maximum Gasteiger partial charge on any atom is 0.326 e. The lowest BCUT2D eigenvalue weighted by Crippen LogP contribution is -2.46. The quantitative estimate of drug-likeness (QED) is 0.472. The van der Waals surface area contributed by atoms with E-state index in [-0.39, 0.29) is 19.3 Å². The molecule has 9 nitrogen and oxygen atoms in total. The van der Waals surface area contributed by atoms with E-state index in [0.29, 0.717) is 5.82 Å². The van der Waals surface area contributed by atoms with E-state index in [9.17, 15) is 14.4 Å². The fraction of sp³-hybridized carbons (Fsp3) is 0.500. The van der Waals surface area contributed by atoms with Crippen molar-refractivity contribution < 1.29 is 24.6 Å². The number of H-pyrrole nitrogens is 1. The molecule has 9 heteroatoms. The number of imidazole rings is 1. The predicted molar refractivity (Wildman–Crippen MR) is 71.6 cm³/mol. The highest BCUT2D eigenvalue weighted by Crippen LogP contribution is 2.06. The number of urea groups is 1. The van der Waals surface area contributed by atoms with Crippen LogP contribution in [-0.4, -0.2) is 44.2 Å². The Morgan fingerprint density at radius 1 is 1.33 bits per heavy atom. The zero-order valence-corrected chi connectivity index (χ0v) is 11.5. The first-order valence-electron chi connectivity index (χ1n) is 6.41. The summed E-state index contributed by atoms with van der Waals surface area (Å²) in [6, 6.07) is -2.19. The third kappa shape index (κ3) is 5.93. The molecule has 1 aromatic heterocycles. The highest BCUT2D eigenvalue weighted by atomic mass is 16.4. The van der Waals surface area contributed by atoms with E-state index >= 15 is 0 Å². The molecule has 5 N–H and O–H groups in total. The van der Waals surface area contributed by atoms with Gasteiger partial charge in [0, 0.05) is 18.8 Å². The lowest BCUT2D eigenvalue weighted by atomic mass is 10.1. The Balaban J connectivity index is 2.45. The Morgan fingerprint density at radius 2 is 2.05 bits per heavy atom. The summed E-state index contributed by atoms with van der Waals surface area (Å²) in [6.45, 7) is 1.69. The van der Waals surface area contributed by atoms with Crippen molar-refractivity contribution in [1.29, 1.82) is 0 Å². The molecular weight excluding hydrogens is 280 g/mol. The smallest absolute Gasteiger partial charge is 0.326 e. The van der Waals surface area contributed by atoms with Crippen LogP contribution >= 0.6 is 0 Å². The third-order valence-electron chi connectivity index (χ3n) is 2.76. The molecule has 0 aliphatic heterocycles. The number of carbonyl (C=O) groups is 3. The number of hydrogen-bond donors (Lipinski definition) is 5. The Labute approximate surface area is 120 Å². The largest absolute Gasteiger partial charge is 0.481 e. The van der Waals surface area contributed by atoms with Crippen molar-refractivity contribution in [2.75, 3.05) is 0 Å². The Morgan fingerprint density at radius 3 is 2.57 bits per heavy atom. The topological polar surface area (TPSA) is 144 Å². The fourth-order valence-corrected chi connectivity index (χ4v) is 1.69. The molecule has 1 aromatic rings. The van der Waals surface area contributed by atoms with Crippen molar-refractivity contribution in [2.24, 2.45) is 0 Å². The molecule has 21 heavy (non-hydrogen) atoms. The molecule has 0 saturated heterocycles. The average molecular weight is 298 g/mol. The highest BCUT2D eigenvalue weighted by molar-refractivity contribution is 5.82. The van der Waals surface area contributed by atoms with Crippen LogP contribution in [-0.2, 0) is 9.59 Å². The molecule has 1 unspecified atom stereocenters. The third-order valence-corrected chi connectivity index (χ3v) is 2.76. The first-order valence-corrected chi connectivity index (χ1v) is 6.41. The molecule has 0 aromatic carbocycles. The van der Waals surface area contributed by atoms with E-state index in [1.807, 2.05) is 0 Å². The Kier molecular flexibility index (Phi) is 6.18. The van der Waals surface area contributed by atoms with Crippen LogP contribution in [0.4, 0.5) is 4.79 Å². The number of nitrogens with zero attached hydrogens (tertiary/aromatic N) is 1. The van der Waals surface area contributed by atoms with Gasteiger partial charge in [-0.3, -0.25) is 4.79 Å². The Hall–Kier alpha value is -2.58. The number of aromatic amines is 1. The van der Waals surface area contributed by atoms with Crippen LogP contribution in [0.5, 0.6) is 0 Å². The van der Waals surface area contributed by atoms with Crippen LogP contribution in [0.3, 0.4) is 0 Å². The molecule has 0 aliphatic rings. The van der Waals surface area contributed by atoms with Crippen molar-refractivity contribution in [3.05, 3.63) is 18.2 Å². The van der Waals surface area contributed by atoms with Gasteiger partial charge in [0.1, 0.15) is 11.9 Å². The molecule has 1 rings (SSSR count). The molecule has 0 bridgehead atoms. The monoisotopic (exact) mass is 298 g/mol. The second-order valence-electron chi connectivity index (χ2n) is 4.49. The molecule has 0 spiro atoms. The van der Waals surface area contributed by atoms with Gasteiger partial charge in [0.15, 0.2) is 0 Å². The minimum Gasteiger partial charge on any atom is -0.481 e. The van der Waals surface area contributed by atoms with Gasteiger partial charge in [0.05, 0.1) is 6.04 Å². The number of aromatic nitrogens is 2. The number of hydrogen-bond acceptors (Lipinski definition) is 4. The van der Waals surface area contributed by atoms with Gasteiger partial charge in [-0.05, 0) is 19.8 Å². The van der Waals surface area contributed by atoms with Crippen molar-refractivity contribution in [3.63, 3.8) is 0 Å². The number of carboxylic acids is 2. The summed E-state index contributed by atoms with van der Waals surface area (Å²) in [6.07, 6.45) is 3.22. The Bertz CT molecular complexity index is 488. The predicted octanol–water partition coefficient (Wildman–Crippen LogP) is 0.478. The van der Waals surface area contributed by atoms with Crippen LogP contribution in [0, 0.1) is 0 Å². The van der Waals surface area contributed by atoms with Gasteiger partial charge >= 0.3 is 18.0 Å². The number of amides is 2. The van der Waals surface area contributed by atoms with Gasteiger partial charge < -0.3 is 25.8 Å². The first-order chi connectivity index (χ1) is 9.90. The van der Waals surface area contributed by atoms with E-state index in [4.69, 9.17) is 10.2 Å². The molecular formula is C12H18N4O5. The average Bonchev–Trinajstić information content (AvgIpc) is 2.90. The molecule has 2 atom stereocenters. The van der Waals surface area contributed by atoms with Gasteiger partial charge in [0.2, 0.25) is 0 Å². The summed E-state index contributed by atoms with van der Waals surface area (Å²) in [5.74, 6) is -1.67. The number of carboxylic acid groups (broad SMARTS) is 2. The van der Waals surface area contributed by atoms with E-state index < -0.39 is 30.1 Å². The van der Waals surface area contributed by atoms with Crippen LogP contribution in [0.25, 0.3) is 0 Å². The highest BCUT2D eigenvalue weighted by Gasteiger charge is 2.21. The summed E-state index contributed by atoms with van der Waals surface area (Å²) in [5, 5.41) is 22.4. The van der Waals surface area contributed by atoms with Gasteiger partial charge in [-0.2, -0.15) is 0 Å². The zero-order chi connectivity index (χ0) is 15.8. The summed E-state index contributed by atoms with van der Waals surface area (Å²) >= 11 is 0. The van der Waals surface area contributed by atoms with Crippen LogP contribution in [0.2, 0.25) is 0 Å². The summed E-state index contributed by atoms with van der Waals surface area (Å²) in [5.41, 5.74) is 0. The second-order valence-corrected chi connectivity index (χ2v) is 4.49. The van der Waals surface area contributed by atoms with E-state index in [2.05, 4.69) is 20.6 Å². The maximum absolute atomic E-state index is 11.7. The standard InChI is InChI=1S/C12H18N4O5/c1-7(10-13-5-6-14-10)15-12(21)16-8(11(19)20)3-2-4-9(17)18/h5-8H,2-4H2,1H3,(H,13,14)(H,17,18)(H,19,20)(H2,15,16,21)/t7?,8-/m1/s1. The minimum atomic E-state index is -1.21. The maximum atomic E-state index is 11.7. The summed E-state index contributed by atoms with van der Waals surface area (Å²) in [7, 11) is 0. The van der Waals surface area contributed by atoms with E-state index in [1.54, 1.807) is 13.1 Å². The second kappa shape index (κ2) is 7.88. The lowest BCUT2D eigenvalue weighted by molar-refractivity contribution is -0.140. The van der Waals surface area contributed by atoms with Crippen molar-refractivity contribution >= 4 is 18.0 Å². The summed E-state index contributed by atoms with van der Waals surface area (Å²) in [4.78, 5) is 39.9. The van der Waals surface area contributed by atoms with Crippen LogP contribution in [0.1, 0.15) is 38.1 Å². The molecule has 2 amide bonds. The van der Waals surface area contributed by atoms with Gasteiger partial charge in [-0.1, -0.05) is 0 Å². The van der Waals surface area contributed by atoms with Gasteiger partial charge in [-0.25, -0.2) is 14.6 Å². The van der Waals surface area contributed by atoms with Crippen molar-refractivity contribution in [1.82, 2.24) is 20.6 Å². The fourth-order valence-electron chi connectivity index (χ4n) is 1.69. The molecule has 1 heterocycles. The molecule has 116 valence electrons. The molecule has 0 fully saturated rings. The van der Waals surface area contributed by atoms with Gasteiger partial charge in [0.25, 0.3) is 0 Å².